The quantitative estimate of drug-likeness (QED) is 0.205. The number of benzene rings is 2. The van der Waals surface area contributed by atoms with Gasteiger partial charge in [-0.2, -0.15) is 0 Å². The number of sulfonamides is 1. The smallest absolute Gasteiger partial charge is 0.355 e. The van der Waals surface area contributed by atoms with Gasteiger partial charge in [-0.25, -0.2) is 27.5 Å². The highest BCUT2D eigenvalue weighted by molar-refractivity contribution is 7.88. The van der Waals surface area contributed by atoms with Crippen LogP contribution in [0.1, 0.15) is 45.3 Å². The first-order chi connectivity index (χ1) is 20.7. The number of aromatic carboxylic acids is 1. The summed E-state index contributed by atoms with van der Waals surface area (Å²) >= 11 is 2.83. The molecule has 4 heterocycles. The third-order valence-corrected chi connectivity index (χ3v) is 11.5. The average Bonchev–Trinajstić information content (AvgIpc) is 3.63. The second-order valence-corrected chi connectivity index (χ2v) is 14.3. The standard InChI is InChI=1S/C29H29N7O4S3/c1-18-16-23(33-34-26(18)32-28-30-21-10-6-7-11-22(21)41-28)35(2)29-31-24(27(37)38)25(42-29)20-12-14-36(15-13-20)43(39,40)17-19-8-4-3-5-9-19/h3-11,16,20H,12-15,17H2,1-2H3,(H,37,38)(H,30,32,34). The number of para-hydroxylation sites is 1. The van der Waals surface area contributed by atoms with Crippen LogP contribution < -0.4 is 10.2 Å². The Balaban J connectivity index is 1.16. The number of carboxylic acids is 1. The van der Waals surface area contributed by atoms with Crippen LogP contribution in [0, 0.1) is 6.92 Å². The summed E-state index contributed by atoms with van der Waals surface area (Å²) in [6.07, 6.45) is 1.04. The first kappa shape index (κ1) is 29.1. The van der Waals surface area contributed by atoms with E-state index in [0.717, 1.165) is 21.3 Å². The van der Waals surface area contributed by atoms with Crippen molar-refractivity contribution < 1.29 is 18.3 Å². The number of rotatable bonds is 9. The summed E-state index contributed by atoms with van der Waals surface area (Å²) < 4.78 is 28.6. The fourth-order valence-corrected chi connectivity index (χ4v) is 8.67. The van der Waals surface area contributed by atoms with Gasteiger partial charge in [-0.05, 0) is 55.0 Å². The Morgan fingerprint density at radius 1 is 1.05 bits per heavy atom. The molecular weight excluding hydrogens is 607 g/mol. The Morgan fingerprint density at radius 3 is 2.47 bits per heavy atom. The zero-order chi connectivity index (χ0) is 30.1. The largest absolute Gasteiger partial charge is 0.476 e. The van der Waals surface area contributed by atoms with Crippen LogP contribution >= 0.6 is 22.7 Å². The molecule has 1 fully saturated rings. The van der Waals surface area contributed by atoms with E-state index in [2.05, 4.69) is 25.5 Å². The Kier molecular flexibility index (Phi) is 8.09. The van der Waals surface area contributed by atoms with Gasteiger partial charge < -0.3 is 15.3 Å². The fourth-order valence-electron chi connectivity index (χ4n) is 5.05. The van der Waals surface area contributed by atoms with E-state index in [0.29, 0.717) is 52.7 Å². The molecule has 0 atom stereocenters. The van der Waals surface area contributed by atoms with Crippen LogP contribution in [0.4, 0.5) is 21.9 Å². The molecule has 14 heteroatoms. The van der Waals surface area contributed by atoms with Gasteiger partial charge in [0.2, 0.25) is 10.0 Å². The SMILES string of the molecule is Cc1cc(N(C)c2nc(C(=O)O)c(C3CCN(S(=O)(=O)Cc4ccccc4)CC3)s2)nnc1Nc1nc2ccccc2s1. The van der Waals surface area contributed by atoms with Gasteiger partial charge in [-0.15, -0.1) is 21.5 Å². The van der Waals surface area contributed by atoms with E-state index in [9.17, 15) is 18.3 Å². The van der Waals surface area contributed by atoms with Gasteiger partial charge in [0.15, 0.2) is 27.6 Å². The maximum absolute atomic E-state index is 13.0. The van der Waals surface area contributed by atoms with Crippen LogP contribution in [-0.4, -0.2) is 64.1 Å². The highest BCUT2D eigenvalue weighted by Crippen LogP contribution is 2.40. The molecule has 1 aliphatic rings. The van der Waals surface area contributed by atoms with Crippen molar-refractivity contribution in [2.45, 2.75) is 31.4 Å². The minimum Gasteiger partial charge on any atom is -0.476 e. The molecule has 0 unspecified atom stereocenters. The number of nitrogens with zero attached hydrogens (tertiary/aromatic N) is 6. The van der Waals surface area contributed by atoms with E-state index in [4.69, 9.17) is 0 Å². The molecular formula is C29H29N7O4S3. The molecule has 6 rings (SSSR count). The van der Waals surface area contributed by atoms with E-state index in [1.54, 1.807) is 24.1 Å². The number of hydrogen-bond acceptors (Lipinski definition) is 11. The molecule has 0 aliphatic carbocycles. The molecule has 5 aromatic rings. The number of carbonyl (C=O) groups is 1. The zero-order valence-corrected chi connectivity index (χ0v) is 25.9. The normalized spacial score (nSPS) is 14.7. The van der Waals surface area contributed by atoms with Crippen LogP contribution in [-0.2, 0) is 15.8 Å². The van der Waals surface area contributed by atoms with Crippen molar-refractivity contribution in [3.63, 3.8) is 0 Å². The van der Waals surface area contributed by atoms with Crippen LogP contribution in [0.25, 0.3) is 10.2 Å². The fraction of sp³-hybridized carbons (Fsp3) is 0.276. The van der Waals surface area contributed by atoms with Gasteiger partial charge in [0.05, 0.1) is 16.0 Å². The summed E-state index contributed by atoms with van der Waals surface area (Å²) in [5, 5.41) is 23.1. The molecule has 1 saturated heterocycles. The molecule has 0 spiro atoms. The number of anilines is 4. The Morgan fingerprint density at radius 2 is 1.77 bits per heavy atom. The van der Waals surface area contributed by atoms with E-state index in [1.165, 1.54) is 27.0 Å². The Labute approximate surface area is 256 Å². The molecule has 3 aromatic heterocycles. The van der Waals surface area contributed by atoms with Crippen molar-refractivity contribution in [1.82, 2.24) is 24.5 Å². The molecule has 0 saturated carbocycles. The van der Waals surface area contributed by atoms with E-state index < -0.39 is 16.0 Å². The Hall–Kier alpha value is -3.98. The third-order valence-electron chi connectivity index (χ3n) is 7.38. The Bertz CT molecular complexity index is 1850. The van der Waals surface area contributed by atoms with Crippen molar-refractivity contribution in [3.8, 4) is 0 Å². The molecule has 0 amide bonds. The number of piperidine rings is 1. The topological polar surface area (TPSA) is 142 Å². The minimum absolute atomic E-state index is 0.00348. The number of aryl methyl sites for hydroxylation is 1. The van der Waals surface area contributed by atoms with Gasteiger partial charge in [0.1, 0.15) is 0 Å². The summed E-state index contributed by atoms with van der Waals surface area (Å²) in [4.78, 5) is 23.6. The summed E-state index contributed by atoms with van der Waals surface area (Å²) in [6.45, 7) is 2.57. The maximum Gasteiger partial charge on any atom is 0.355 e. The molecule has 2 aromatic carbocycles. The summed E-state index contributed by atoms with van der Waals surface area (Å²) in [7, 11) is -1.70. The molecule has 2 N–H and O–H groups in total. The van der Waals surface area contributed by atoms with Crippen LogP contribution in [0.2, 0.25) is 0 Å². The van der Waals surface area contributed by atoms with E-state index in [-0.39, 0.29) is 17.4 Å². The second-order valence-electron chi connectivity index (χ2n) is 10.3. The molecule has 0 radical (unpaired) electrons. The van der Waals surface area contributed by atoms with Gasteiger partial charge in [-0.3, -0.25) is 0 Å². The highest BCUT2D eigenvalue weighted by atomic mass is 32.2. The zero-order valence-electron chi connectivity index (χ0n) is 23.5. The number of nitrogens with one attached hydrogen (secondary N) is 1. The van der Waals surface area contributed by atoms with Gasteiger partial charge >= 0.3 is 5.97 Å². The maximum atomic E-state index is 13.0. The van der Waals surface area contributed by atoms with Gasteiger partial charge in [0, 0.05) is 25.0 Å². The molecule has 0 bridgehead atoms. The molecule has 43 heavy (non-hydrogen) atoms. The van der Waals surface area contributed by atoms with Crippen LogP contribution in [0.3, 0.4) is 0 Å². The van der Waals surface area contributed by atoms with Crippen molar-refractivity contribution in [1.29, 1.82) is 0 Å². The second kappa shape index (κ2) is 12.0. The molecule has 1 aliphatic heterocycles. The number of thiazole rings is 2. The van der Waals surface area contributed by atoms with Crippen molar-refractivity contribution >= 4 is 70.8 Å². The van der Waals surface area contributed by atoms with Crippen LogP contribution in [0.5, 0.6) is 0 Å². The number of hydrogen-bond donors (Lipinski definition) is 2. The lowest BCUT2D eigenvalue weighted by Crippen LogP contribution is -2.38. The van der Waals surface area contributed by atoms with Crippen molar-refractivity contribution in [2.75, 3.05) is 30.4 Å². The first-order valence-electron chi connectivity index (χ1n) is 13.6. The predicted molar refractivity (Wildman–Crippen MR) is 169 cm³/mol. The highest BCUT2D eigenvalue weighted by Gasteiger charge is 2.33. The van der Waals surface area contributed by atoms with E-state index in [1.807, 2.05) is 55.5 Å². The lowest BCUT2D eigenvalue weighted by molar-refractivity contribution is 0.0689. The lowest BCUT2D eigenvalue weighted by atomic mass is 9.95. The summed E-state index contributed by atoms with van der Waals surface area (Å²) in [5.41, 5.74) is 2.49. The number of aromatic nitrogens is 4. The monoisotopic (exact) mass is 635 g/mol. The lowest BCUT2D eigenvalue weighted by Gasteiger charge is -2.31. The average molecular weight is 636 g/mol. The van der Waals surface area contributed by atoms with Crippen molar-refractivity contribution in [3.05, 3.63) is 82.4 Å². The minimum atomic E-state index is -3.47. The number of carboxylic acid groups (broad SMARTS) is 1. The number of fused-ring (bicyclic) bond motifs is 1. The van der Waals surface area contributed by atoms with E-state index >= 15 is 0 Å². The molecule has 222 valence electrons. The van der Waals surface area contributed by atoms with Crippen molar-refractivity contribution in [2.24, 2.45) is 0 Å². The van der Waals surface area contributed by atoms with Crippen LogP contribution in [0.15, 0.2) is 60.7 Å². The summed E-state index contributed by atoms with van der Waals surface area (Å²) in [6, 6.07) is 18.9. The van der Waals surface area contributed by atoms with Gasteiger partial charge in [0.25, 0.3) is 0 Å². The molecule has 11 nitrogen and oxygen atoms in total. The third kappa shape index (κ3) is 6.22. The predicted octanol–water partition coefficient (Wildman–Crippen LogP) is 5.77. The summed E-state index contributed by atoms with van der Waals surface area (Å²) in [5.74, 6) is -0.170. The van der Waals surface area contributed by atoms with Gasteiger partial charge in [-0.1, -0.05) is 53.8 Å². The first-order valence-corrected chi connectivity index (χ1v) is 16.9.